The quantitative estimate of drug-likeness (QED) is 0.473. The number of nitro groups is 1. The van der Waals surface area contributed by atoms with Crippen LogP contribution in [0.3, 0.4) is 0 Å². The van der Waals surface area contributed by atoms with Crippen molar-refractivity contribution in [2.45, 2.75) is 13.5 Å². The molecule has 6 heteroatoms. The van der Waals surface area contributed by atoms with Gasteiger partial charge in [0.05, 0.1) is 4.92 Å². The first-order chi connectivity index (χ1) is 10.4. The zero-order chi connectivity index (χ0) is 16.3. The fourth-order valence-electron chi connectivity index (χ4n) is 2.18. The van der Waals surface area contributed by atoms with Gasteiger partial charge in [0.1, 0.15) is 5.69 Å². The molecule has 0 radical (unpaired) electrons. The summed E-state index contributed by atoms with van der Waals surface area (Å²) in [5.41, 5.74) is 1.54. The van der Waals surface area contributed by atoms with Crippen LogP contribution in [0.5, 0.6) is 0 Å². The lowest BCUT2D eigenvalue weighted by Crippen LogP contribution is -2.18. The molecular weight excluding hydrogens is 304 g/mol. The van der Waals surface area contributed by atoms with Gasteiger partial charge in [-0.25, -0.2) is 0 Å². The van der Waals surface area contributed by atoms with Gasteiger partial charge in [0.2, 0.25) is 0 Å². The lowest BCUT2D eigenvalue weighted by atomic mass is 10.1. The summed E-state index contributed by atoms with van der Waals surface area (Å²) in [6.45, 7) is 1.81. The van der Waals surface area contributed by atoms with Gasteiger partial charge in [0, 0.05) is 30.2 Å². The highest BCUT2D eigenvalue weighted by atomic mass is 35.5. The summed E-state index contributed by atoms with van der Waals surface area (Å²) in [4.78, 5) is 23.9. The third-order valence-electron chi connectivity index (χ3n) is 3.36. The van der Waals surface area contributed by atoms with Gasteiger partial charge in [0.15, 0.2) is 5.78 Å². The van der Waals surface area contributed by atoms with Crippen molar-refractivity contribution < 1.29 is 9.72 Å². The lowest BCUT2D eigenvalue weighted by Gasteiger charge is -2.20. The van der Waals surface area contributed by atoms with E-state index in [1.54, 1.807) is 30.1 Å². The largest absolute Gasteiger partial charge is 0.365 e. The molecule has 0 N–H and O–H groups in total. The minimum Gasteiger partial charge on any atom is -0.365 e. The molecular formula is C16H15ClN2O3. The monoisotopic (exact) mass is 318 g/mol. The number of carbonyl (C=O) groups excluding carboxylic acids is 1. The van der Waals surface area contributed by atoms with Crippen molar-refractivity contribution in [3.63, 3.8) is 0 Å². The van der Waals surface area contributed by atoms with Crippen LogP contribution in [-0.4, -0.2) is 17.8 Å². The van der Waals surface area contributed by atoms with Gasteiger partial charge in [-0.1, -0.05) is 29.8 Å². The number of halogens is 1. The molecule has 0 amide bonds. The minimum absolute atomic E-state index is 0.0951. The molecule has 0 spiro atoms. The Morgan fingerprint density at radius 2 is 1.95 bits per heavy atom. The van der Waals surface area contributed by atoms with Crippen LogP contribution in [0.4, 0.5) is 11.4 Å². The van der Waals surface area contributed by atoms with Crippen LogP contribution in [0.25, 0.3) is 0 Å². The Kier molecular flexibility index (Phi) is 4.78. The van der Waals surface area contributed by atoms with Gasteiger partial charge in [-0.3, -0.25) is 14.9 Å². The molecule has 2 aromatic carbocycles. The van der Waals surface area contributed by atoms with E-state index in [0.717, 1.165) is 5.56 Å². The molecule has 114 valence electrons. The van der Waals surface area contributed by atoms with E-state index in [2.05, 4.69) is 0 Å². The third-order valence-corrected chi connectivity index (χ3v) is 3.72. The molecule has 2 rings (SSSR count). The van der Waals surface area contributed by atoms with Gasteiger partial charge in [-0.2, -0.15) is 0 Å². The highest BCUT2D eigenvalue weighted by Crippen LogP contribution is 2.30. The average Bonchev–Trinajstić information content (AvgIpc) is 2.48. The van der Waals surface area contributed by atoms with Crippen LogP contribution >= 0.6 is 11.6 Å². The van der Waals surface area contributed by atoms with Crippen molar-refractivity contribution in [1.82, 2.24) is 0 Å². The maximum absolute atomic E-state index is 11.4. The maximum Gasteiger partial charge on any atom is 0.293 e. The summed E-state index contributed by atoms with van der Waals surface area (Å²) in [6.07, 6.45) is 0. The van der Waals surface area contributed by atoms with Gasteiger partial charge in [-0.05, 0) is 30.7 Å². The van der Waals surface area contributed by atoms with Crippen LogP contribution in [0, 0.1) is 10.1 Å². The SMILES string of the molecule is CC(=O)c1ccc(N(C)Cc2ccccc2Cl)c([N+](=O)[O-])c1. The van der Waals surface area contributed by atoms with Gasteiger partial charge in [0.25, 0.3) is 5.69 Å². The molecule has 0 aliphatic heterocycles. The Hall–Kier alpha value is -2.40. The van der Waals surface area contributed by atoms with Crippen LogP contribution in [0.1, 0.15) is 22.8 Å². The number of ketones is 1. The predicted octanol–water partition coefficient (Wildman–Crippen LogP) is 4.09. The molecule has 0 saturated carbocycles. The van der Waals surface area contributed by atoms with Gasteiger partial charge < -0.3 is 4.90 Å². The fraction of sp³-hybridized carbons (Fsp3) is 0.188. The number of anilines is 1. The van der Waals surface area contributed by atoms with Crippen molar-refractivity contribution >= 4 is 28.8 Å². The standard InChI is InChI=1S/C16H15ClN2O3/c1-11(20)12-7-8-15(16(9-12)19(21)22)18(2)10-13-5-3-4-6-14(13)17/h3-9H,10H2,1-2H3. The topological polar surface area (TPSA) is 63.5 Å². The van der Waals surface area contributed by atoms with Crippen molar-refractivity contribution in [2.24, 2.45) is 0 Å². The zero-order valence-electron chi connectivity index (χ0n) is 12.2. The fourth-order valence-corrected chi connectivity index (χ4v) is 2.37. The van der Waals surface area contributed by atoms with E-state index in [4.69, 9.17) is 11.6 Å². The first-order valence-electron chi connectivity index (χ1n) is 6.64. The van der Waals surface area contributed by atoms with Crippen LogP contribution in [-0.2, 0) is 6.54 Å². The molecule has 5 nitrogen and oxygen atoms in total. The molecule has 0 aliphatic carbocycles. The zero-order valence-corrected chi connectivity index (χ0v) is 13.0. The number of Topliss-reactive ketones (excluding diaryl/α,β-unsaturated/α-hetero) is 1. The van der Waals surface area contributed by atoms with E-state index >= 15 is 0 Å². The molecule has 0 fully saturated rings. The molecule has 0 aromatic heterocycles. The van der Waals surface area contributed by atoms with E-state index < -0.39 is 4.92 Å². The molecule has 0 aliphatic rings. The predicted molar refractivity (Wildman–Crippen MR) is 86.7 cm³/mol. The Balaban J connectivity index is 2.37. The van der Waals surface area contributed by atoms with Crippen molar-refractivity contribution in [3.8, 4) is 0 Å². The number of hydrogen-bond acceptors (Lipinski definition) is 4. The summed E-state index contributed by atoms with van der Waals surface area (Å²) in [5, 5.41) is 11.9. The van der Waals surface area contributed by atoms with Crippen LogP contribution in [0.15, 0.2) is 42.5 Å². The van der Waals surface area contributed by atoms with E-state index in [1.807, 2.05) is 18.2 Å². The summed E-state index contributed by atoms with van der Waals surface area (Å²) >= 11 is 6.12. The Morgan fingerprint density at radius 3 is 2.55 bits per heavy atom. The second kappa shape index (κ2) is 6.58. The number of nitro benzene ring substituents is 1. The first-order valence-corrected chi connectivity index (χ1v) is 7.02. The minimum atomic E-state index is -0.481. The lowest BCUT2D eigenvalue weighted by molar-refractivity contribution is -0.384. The summed E-state index contributed by atoms with van der Waals surface area (Å²) in [6, 6.07) is 11.8. The summed E-state index contributed by atoms with van der Waals surface area (Å²) in [7, 11) is 1.75. The molecule has 2 aromatic rings. The number of carbonyl (C=O) groups is 1. The number of rotatable bonds is 5. The molecule has 0 bridgehead atoms. The number of nitrogens with zero attached hydrogens (tertiary/aromatic N) is 2. The van der Waals surface area contributed by atoms with E-state index in [0.29, 0.717) is 22.8 Å². The maximum atomic E-state index is 11.4. The summed E-state index contributed by atoms with van der Waals surface area (Å²) < 4.78 is 0. The smallest absolute Gasteiger partial charge is 0.293 e. The molecule has 22 heavy (non-hydrogen) atoms. The summed E-state index contributed by atoms with van der Waals surface area (Å²) in [5.74, 6) is -0.205. The first kappa shape index (κ1) is 16.0. The van der Waals surface area contributed by atoms with Crippen molar-refractivity contribution in [3.05, 3.63) is 68.7 Å². The molecule has 0 heterocycles. The van der Waals surface area contributed by atoms with Crippen LogP contribution < -0.4 is 4.90 Å². The molecule has 0 saturated heterocycles. The van der Waals surface area contributed by atoms with E-state index in [9.17, 15) is 14.9 Å². The molecule has 0 unspecified atom stereocenters. The Morgan fingerprint density at radius 1 is 1.27 bits per heavy atom. The number of hydrogen-bond donors (Lipinski definition) is 0. The van der Waals surface area contributed by atoms with Crippen molar-refractivity contribution in [2.75, 3.05) is 11.9 Å². The normalized spacial score (nSPS) is 10.3. The van der Waals surface area contributed by atoms with Gasteiger partial charge >= 0.3 is 0 Å². The van der Waals surface area contributed by atoms with E-state index in [1.165, 1.54) is 13.0 Å². The van der Waals surface area contributed by atoms with E-state index in [-0.39, 0.29) is 11.5 Å². The highest BCUT2D eigenvalue weighted by molar-refractivity contribution is 6.31. The Bertz CT molecular complexity index is 731. The second-order valence-electron chi connectivity index (χ2n) is 4.96. The molecule has 0 atom stereocenters. The highest BCUT2D eigenvalue weighted by Gasteiger charge is 2.19. The van der Waals surface area contributed by atoms with Crippen LogP contribution in [0.2, 0.25) is 5.02 Å². The number of benzene rings is 2. The van der Waals surface area contributed by atoms with Crippen molar-refractivity contribution in [1.29, 1.82) is 0 Å². The second-order valence-corrected chi connectivity index (χ2v) is 5.37. The Labute approximate surface area is 133 Å². The average molecular weight is 319 g/mol. The third kappa shape index (κ3) is 3.43. The van der Waals surface area contributed by atoms with Gasteiger partial charge in [-0.15, -0.1) is 0 Å².